The van der Waals surface area contributed by atoms with Crippen molar-refractivity contribution in [1.82, 2.24) is 0 Å². The summed E-state index contributed by atoms with van der Waals surface area (Å²) >= 11 is 0. The van der Waals surface area contributed by atoms with Gasteiger partial charge in [0, 0.05) is 16.8 Å². The molecule has 0 aliphatic heterocycles. The lowest BCUT2D eigenvalue weighted by Gasteiger charge is -2.28. The highest BCUT2D eigenvalue weighted by Crippen LogP contribution is 2.43. The Morgan fingerprint density at radius 1 is 0.400 bits per heavy atom. The predicted molar refractivity (Wildman–Crippen MR) is 151 cm³/mol. The van der Waals surface area contributed by atoms with Crippen LogP contribution < -0.4 is 4.90 Å². The molecule has 6 aromatic carbocycles. The van der Waals surface area contributed by atoms with Crippen LogP contribution in [0.15, 0.2) is 127 Å². The lowest BCUT2D eigenvalue weighted by atomic mass is 9.93. The molecule has 0 fully saturated rings. The maximum absolute atomic E-state index is 2.37. The summed E-state index contributed by atoms with van der Waals surface area (Å²) in [6, 6.07) is 46.1. The monoisotopic (exact) mass is 449 g/mol. The van der Waals surface area contributed by atoms with E-state index in [0.29, 0.717) is 0 Å². The zero-order chi connectivity index (χ0) is 23.8. The van der Waals surface area contributed by atoms with Crippen LogP contribution in [-0.2, 0) is 0 Å². The molecule has 0 aliphatic rings. The van der Waals surface area contributed by atoms with Gasteiger partial charge in [0.1, 0.15) is 0 Å². The van der Waals surface area contributed by atoms with Crippen molar-refractivity contribution in [1.29, 1.82) is 0 Å². The van der Waals surface area contributed by atoms with Gasteiger partial charge in [0.2, 0.25) is 0 Å². The molecule has 0 bridgehead atoms. The van der Waals surface area contributed by atoms with Gasteiger partial charge in [-0.15, -0.1) is 0 Å². The van der Waals surface area contributed by atoms with Gasteiger partial charge in [0.25, 0.3) is 0 Å². The van der Waals surface area contributed by atoms with Gasteiger partial charge in [0.05, 0.1) is 5.69 Å². The first-order valence-electron chi connectivity index (χ1n) is 12.1. The molecule has 0 radical (unpaired) electrons. The van der Waals surface area contributed by atoms with Gasteiger partial charge in [-0.3, -0.25) is 0 Å². The standard InChI is InChI=1S/C34H27N/c1-24-14-18-27(19-15-24)35(28-20-16-25(2)17-21-28)34-23-22-32(31-11-5-6-12-33(31)34)30-13-7-9-26-8-3-4-10-29(26)30/h3-23H,1-2H3. The fourth-order valence-corrected chi connectivity index (χ4v) is 4.99. The quantitative estimate of drug-likeness (QED) is 0.259. The second kappa shape index (κ2) is 8.77. The number of aryl methyl sites for hydroxylation is 2. The van der Waals surface area contributed by atoms with Crippen molar-refractivity contribution in [3.8, 4) is 11.1 Å². The van der Waals surface area contributed by atoms with E-state index in [1.165, 1.54) is 49.5 Å². The fourth-order valence-electron chi connectivity index (χ4n) is 4.99. The van der Waals surface area contributed by atoms with Crippen molar-refractivity contribution < 1.29 is 0 Å². The highest BCUT2D eigenvalue weighted by Gasteiger charge is 2.17. The summed E-state index contributed by atoms with van der Waals surface area (Å²) in [7, 11) is 0. The molecular formula is C34H27N. The first kappa shape index (κ1) is 21.2. The molecule has 0 atom stereocenters. The smallest absolute Gasteiger partial charge is 0.0540 e. The van der Waals surface area contributed by atoms with Crippen LogP contribution in [0.25, 0.3) is 32.7 Å². The predicted octanol–water partition coefficient (Wildman–Crippen LogP) is 9.75. The highest BCUT2D eigenvalue weighted by molar-refractivity contribution is 6.10. The Hall–Kier alpha value is -4.36. The molecule has 6 aromatic rings. The second-order valence-corrected chi connectivity index (χ2v) is 9.21. The van der Waals surface area contributed by atoms with Crippen LogP contribution in [0.3, 0.4) is 0 Å². The summed E-state index contributed by atoms with van der Waals surface area (Å²) in [5.74, 6) is 0. The van der Waals surface area contributed by atoms with E-state index in [9.17, 15) is 0 Å². The minimum Gasteiger partial charge on any atom is -0.310 e. The van der Waals surface area contributed by atoms with E-state index in [2.05, 4.69) is 146 Å². The number of nitrogens with zero attached hydrogens (tertiary/aromatic N) is 1. The van der Waals surface area contributed by atoms with E-state index in [0.717, 1.165) is 11.4 Å². The van der Waals surface area contributed by atoms with E-state index < -0.39 is 0 Å². The van der Waals surface area contributed by atoms with Crippen molar-refractivity contribution in [3.05, 3.63) is 139 Å². The summed E-state index contributed by atoms with van der Waals surface area (Å²) in [6.07, 6.45) is 0. The van der Waals surface area contributed by atoms with Crippen molar-refractivity contribution in [2.45, 2.75) is 13.8 Å². The maximum atomic E-state index is 2.37. The van der Waals surface area contributed by atoms with Crippen LogP contribution in [0.2, 0.25) is 0 Å². The number of fused-ring (bicyclic) bond motifs is 2. The fraction of sp³-hybridized carbons (Fsp3) is 0.0588. The van der Waals surface area contributed by atoms with Crippen molar-refractivity contribution in [2.24, 2.45) is 0 Å². The molecule has 0 N–H and O–H groups in total. The minimum atomic E-state index is 1.16. The van der Waals surface area contributed by atoms with Crippen LogP contribution in [0, 0.1) is 13.8 Å². The topological polar surface area (TPSA) is 3.24 Å². The molecule has 0 aliphatic carbocycles. The number of anilines is 3. The number of benzene rings is 6. The van der Waals surface area contributed by atoms with Gasteiger partial charge in [-0.05, 0) is 71.5 Å². The minimum absolute atomic E-state index is 1.16. The van der Waals surface area contributed by atoms with Gasteiger partial charge >= 0.3 is 0 Å². The van der Waals surface area contributed by atoms with Crippen LogP contribution >= 0.6 is 0 Å². The van der Waals surface area contributed by atoms with Gasteiger partial charge < -0.3 is 4.90 Å². The zero-order valence-electron chi connectivity index (χ0n) is 20.1. The summed E-state index contributed by atoms with van der Waals surface area (Å²) in [5.41, 5.74) is 8.53. The summed E-state index contributed by atoms with van der Waals surface area (Å²) < 4.78 is 0. The average molecular weight is 450 g/mol. The molecule has 1 heteroatoms. The summed E-state index contributed by atoms with van der Waals surface area (Å²) in [4.78, 5) is 2.37. The molecule has 1 nitrogen and oxygen atoms in total. The molecule has 0 saturated carbocycles. The Morgan fingerprint density at radius 3 is 1.57 bits per heavy atom. The molecule has 0 unspecified atom stereocenters. The SMILES string of the molecule is Cc1ccc(N(c2ccc(C)cc2)c2ccc(-c3cccc4ccccc34)c3ccccc23)cc1. The van der Waals surface area contributed by atoms with Gasteiger partial charge in [-0.25, -0.2) is 0 Å². The zero-order valence-corrected chi connectivity index (χ0v) is 20.1. The molecule has 0 spiro atoms. The Kier molecular flexibility index (Phi) is 5.31. The molecule has 6 rings (SSSR count). The third-order valence-electron chi connectivity index (χ3n) is 6.81. The van der Waals surface area contributed by atoms with Crippen LogP contribution in [0.1, 0.15) is 11.1 Å². The largest absolute Gasteiger partial charge is 0.310 e. The molecule has 0 aromatic heterocycles. The molecular weight excluding hydrogens is 422 g/mol. The number of hydrogen-bond acceptors (Lipinski definition) is 1. The Morgan fingerprint density at radius 2 is 0.914 bits per heavy atom. The highest BCUT2D eigenvalue weighted by atomic mass is 15.1. The van der Waals surface area contributed by atoms with E-state index >= 15 is 0 Å². The molecule has 168 valence electrons. The van der Waals surface area contributed by atoms with Crippen LogP contribution in [0.5, 0.6) is 0 Å². The Bertz CT molecular complexity index is 1590. The van der Waals surface area contributed by atoms with Crippen LogP contribution in [-0.4, -0.2) is 0 Å². The second-order valence-electron chi connectivity index (χ2n) is 9.21. The first-order valence-corrected chi connectivity index (χ1v) is 12.1. The molecule has 0 heterocycles. The van der Waals surface area contributed by atoms with Gasteiger partial charge in [0.15, 0.2) is 0 Å². The molecule has 0 amide bonds. The third-order valence-corrected chi connectivity index (χ3v) is 6.81. The lowest BCUT2D eigenvalue weighted by Crippen LogP contribution is -2.10. The number of rotatable bonds is 4. The summed E-state index contributed by atoms with van der Waals surface area (Å²) in [5, 5.41) is 5.03. The first-order chi connectivity index (χ1) is 17.2. The Balaban J connectivity index is 1.61. The van der Waals surface area contributed by atoms with Crippen molar-refractivity contribution in [3.63, 3.8) is 0 Å². The van der Waals surface area contributed by atoms with Gasteiger partial charge in [-0.1, -0.05) is 108 Å². The van der Waals surface area contributed by atoms with Crippen molar-refractivity contribution in [2.75, 3.05) is 4.90 Å². The normalized spacial score (nSPS) is 11.1. The van der Waals surface area contributed by atoms with E-state index in [-0.39, 0.29) is 0 Å². The van der Waals surface area contributed by atoms with E-state index in [4.69, 9.17) is 0 Å². The van der Waals surface area contributed by atoms with E-state index in [1.807, 2.05) is 0 Å². The van der Waals surface area contributed by atoms with Gasteiger partial charge in [-0.2, -0.15) is 0 Å². The molecule has 35 heavy (non-hydrogen) atoms. The third kappa shape index (κ3) is 3.86. The average Bonchev–Trinajstić information content (AvgIpc) is 2.91. The molecule has 0 saturated heterocycles. The number of hydrogen-bond donors (Lipinski definition) is 0. The Labute approximate surface area is 206 Å². The lowest BCUT2D eigenvalue weighted by molar-refractivity contribution is 1.28. The van der Waals surface area contributed by atoms with Crippen molar-refractivity contribution >= 4 is 38.6 Å². The van der Waals surface area contributed by atoms with E-state index in [1.54, 1.807) is 0 Å². The summed E-state index contributed by atoms with van der Waals surface area (Å²) in [6.45, 7) is 4.27. The van der Waals surface area contributed by atoms with Crippen LogP contribution in [0.4, 0.5) is 17.1 Å². The maximum Gasteiger partial charge on any atom is 0.0540 e.